The molecule has 0 radical (unpaired) electrons. The number of amides is 2. The van der Waals surface area contributed by atoms with Crippen LogP contribution in [0.2, 0.25) is 0 Å². The van der Waals surface area contributed by atoms with Gasteiger partial charge in [-0.2, -0.15) is 0 Å². The van der Waals surface area contributed by atoms with Gasteiger partial charge in [-0.25, -0.2) is 4.79 Å². The molecule has 0 spiro atoms. The van der Waals surface area contributed by atoms with Crippen LogP contribution in [-0.4, -0.2) is 41.1 Å². The third-order valence-electron chi connectivity index (χ3n) is 4.44. The zero-order valence-electron chi connectivity index (χ0n) is 12.1. The van der Waals surface area contributed by atoms with Crippen LogP contribution in [0.5, 0.6) is 0 Å². The summed E-state index contributed by atoms with van der Waals surface area (Å²) in [5.74, 6) is -1.23. The van der Waals surface area contributed by atoms with E-state index in [1.807, 2.05) is 6.92 Å². The molecule has 20 heavy (non-hydrogen) atoms. The van der Waals surface area contributed by atoms with Crippen LogP contribution in [-0.2, 0) is 4.79 Å². The molecule has 1 aliphatic carbocycles. The van der Waals surface area contributed by atoms with Gasteiger partial charge in [0.1, 0.15) is 0 Å². The zero-order valence-corrected chi connectivity index (χ0v) is 12.1. The number of hydrogen-bond acceptors (Lipinski definition) is 2. The number of carbonyl (C=O) groups is 2. The second-order valence-electron chi connectivity index (χ2n) is 5.76. The molecular weight excluding hydrogens is 256 g/mol. The standard InChI is InChI=1S/C15H24N2O3/c1-11-13(14(18)19)8-10-17(11)15(20)16-9-7-12-5-3-2-4-6-12/h5,11,13H,2-4,6-10H2,1H3,(H,16,20)(H,18,19). The molecule has 1 saturated heterocycles. The predicted octanol–water partition coefficient (Wildman–Crippen LogP) is 2.38. The Kier molecular flexibility index (Phi) is 5.04. The van der Waals surface area contributed by atoms with Crippen LogP contribution in [0, 0.1) is 5.92 Å². The molecule has 5 nitrogen and oxygen atoms in total. The summed E-state index contributed by atoms with van der Waals surface area (Å²) in [5, 5.41) is 12.0. The third-order valence-corrected chi connectivity index (χ3v) is 4.44. The Morgan fingerprint density at radius 3 is 2.85 bits per heavy atom. The Bertz CT molecular complexity index is 406. The van der Waals surface area contributed by atoms with E-state index in [1.165, 1.54) is 18.4 Å². The van der Waals surface area contributed by atoms with Crippen LogP contribution < -0.4 is 5.32 Å². The molecule has 112 valence electrons. The summed E-state index contributed by atoms with van der Waals surface area (Å²) in [4.78, 5) is 24.7. The fraction of sp³-hybridized carbons (Fsp3) is 0.733. The Labute approximate surface area is 120 Å². The second kappa shape index (κ2) is 6.77. The molecule has 1 aliphatic heterocycles. The van der Waals surface area contributed by atoms with Gasteiger partial charge < -0.3 is 15.3 Å². The number of allylic oxidation sites excluding steroid dienone is 1. The van der Waals surface area contributed by atoms with Crippen molar-refractivity contribution in [2.24, 2.45) is 5.92 Å². The average molecular weight is 280 g/mol. The number of carbonyl (C=O) groups excluding carboxylic acids is 1. The molecule has 2 rings (SSSR count). The lowest BCUT2D eigenvalue weighted by Crippen LogP contribution is -2.44. The lowest BCUT2D eigenvalue weighted by molar-refractivity contribution is -0.142. The number of carboxylic acid groups (broad SMARTS) is 1. The molecule has 0 aromatic carbocycles. The Hall–Kier alpha value is -1.52. The first-order chi connectivity index (χ1) is 9.59. The van der Waals surface area contributed by atoms with E-state index in [-0.39, 0.29) is 12.1 Å². The summed E-state index contributed by atoms with van der Waals surface area (Å²) in [6.07, 6.45) is 8.59. The Morgan fingerprint density at radius 1 is 1.45 bits per heavy atom. The van der Waals surface area contributed by atoms with Crippen LogP contribution in [0.1, 0.15) is 45.4 Å². The molecule has 1 fully saturated rings. The first-order valence-electron chi connectivity index (χ1n) is 7.55. The molecule has 2 amide bonds. The second-order valence-corrected chi connectivity index (χ2v) is 5.76. The van der Waals surface area contributed by atoms with Crippen molar-refractivity contribution in [3.63, 3.8) is 0 Å². The highest BCUT2D eigenvalue weighted by Gasteiger charge is 2.37. The minimum absolute atomic E-state index is 0.127. The van der Waals surface area contributed by atoms with E-state index in [9.17, 15) is 9.59 Å². The van der Waals surface area contributed by atoms with Crippen molar-refractivity contribution in [2.75, 3.05) is 13.1 Å². The number of likely N-dealkylation sites (tertiary alicyclic amines) is 1. The van der Waals surface area contributed by atoms with Gasteiger partial charge in [-0.3, -0.25) is 4.79 Å². The van der Waals surface area contributed by atoms with E-state index in [2.05, 4.69) is 11.4 Å². The minimum atomic E-state index is -0.805. The first-order valence-corrected chi connectivity index (χ1v) is 7.55. The van der Waals surface area contributed by atoms with Gasteiger partial charge in [-0.05, 0) is 45.4 Å². The molecule has 0 bridgehead atoms. The lowest BCUT2D eigenvalue weighted by Gasteiger charge is -2.24. The molecule has 5 heteroatoms. The zero-order chi connectivity index (χ0) is 14.5. The van der Waals surface area contributed by atoms with Crippen LogP contribution in [0.4, 0.5) is 4.79 Å². The number of nitrogens with zero attached hydrogens (tertiary/aromatic N) is 1. The number of hydrogen-bond donors (Lipinski definition) is 2. The number of carboxylic acids is 1. The van der Waals surface area contributed by atoms with Gasteiger partial charge in [0, 0.05) is 19.1 Å². The highest BCUT2D eigenvalue weighted by atomic mass is 16.4. The van der Waals surface area contributed by atoms with E-state index >= 15 is 0 Å². The SMILES string of the molecule is CC1C(C(=O)O)CCN1C(=O)NCCC1=CCCCC1. The average Bonchev–Trinajstić information content (AvgIpc) is 2.82. The molecule has 2 N–H and O–H groups in total. The van der Waals surface area contributed by atoms with Gasteiger partial charge in [0.15, 0.2) is 0 Å². The van der Waals surface area contributed by atoms with Crippen molar-refractivity contribution in [3.05, 3.63) is 11.6 Å². The van der Waals surface area contributed by atoms with E-state index in [0.29, 0.717) is 19.5 Å². The lowest BCUT2D eigenvalue weighted by atomic mass is 9.97. The quantitative estimate of drug-likeness (QED) is 0.777. The minimum Gasteiger partial charge on any atom is -0.481 e. The van der Waals surface area contributed by atoms with Crippen molar-refractivity contribution in [3.8, 4) is 0 Å². The molecular formula is C15H24N2O3. The summed E-state index contributed by atoms with van der Waals surface area (Å²) in [6.45, 7) is 2.99. The molecule has 1 heterocycles. The van der Waals surface area contributed by atoms with E-state index in [0.717, 1.165) is 19.3 Å². The normalized spacial score (nSPS) is 26.2. The summed E-state index contributed by atoms with van der Waals surface area (Å²) in [5.41, 5.74) is 1.44. The highest BCUT2D eigenvalue weighted by Crippen LogP contribution is 2.24. The van der Waals surface area contributed by atoms with Crippen LogP contribution in [0.3, 0.4) is 0 Å². The molecule has 2 aliphatic rings. The van der Waals surface area contributed by atoms with Crippen LogP contribution in [0.25, 0.3) is 0 Å². The van der Waals surface area contributed by atoms with E-state index in [1.54, 1.807) is 4.90 Å². The first kappa shape index (κ1) is 14.9. The Morgan fingerprint density at radius 2 is 2.25 bits per heavy atom. The predicted molar refractivity (Wildman–Crippen MR) is 76.5 cm³/mol. The largest absolute Gasteiger partial charge is 0.481 e. The molecule has 0 aromatic rings. The maximum Gasteiger partial charge on any atom is 0.317 e. The third kappa shape index (κ3) is 3.52. The van der Waals surface area contributed by atoms with E-state index < -0.39 is 11.9 Å². The van der Waals surface area contributed by atoms with Crippen molar-refractivity contribution in [1.29, 1.82) is 0 Å². The monoisotopic (exact) mass is 280 g/mol. The molecule has 2 atom stereocenters. The smallest absolute Gasteiger partial charge is 0.317 e. The number of rotatable bonds is 4. The van der Waals surface area contributed by atoms with Gasteiger partial charge in [0.2, 0.25) is 0 Å². The summed E-state index contributed by atoms with van der Waals surface area (Å²) in [7, 11) is 0. The molecule has 0 saturated carbocycles. The van der Waals surface area contributed by atoms with Crippen LogP contribution >= 0.6 is 0 Å². The fourth-order valence-corrected chi connectivity index (χ4v) is 3.12. The number of aliphatic carboxylic acids is 1. The van der Waals surface area contributed by atoms with Crippen molar-refractivity contribution in [1.82, 2.24) is 10.2 Å². The van der Waals surface area contributed by atoms with Gasteiger partial charge >= 0.3 is 12.0 Å². The Balaban J connectivity index is 1.75. The number of urea groups is 1. The van der Waals surface area contributed by atoms with E-state index in [4.69, 9.17) is 5.11 Å². The maximum atomic E-state index is 12.1. The van der Waals surface area contributed by atoms with Crippen molar-refractivity contribution >= 4 is 12.0 Å². The summed E-state index contributed by atoms with van der Waals surface area (Å²) < 4.78 is 0. The van der Waals surface area contributed by atoms with Crippen LogP contribution in [0.15, 0.2) is 11.6 Å². The number of nitrogens with one attached hydrogen (secondary N) is 1. The topological polar surface area (TPSA) is 69.6 Å². The van der Waals surface area contributed by atoms with Gasteiger partial charge in [-0.15, -0.1) is 0 Å². The highest BCUT2D eigenvalue weighted by molar-refractivity contribution is 5.78. The van der Waals surface area contributed by atoms with Crippen molar-refractivity contribution in [2.45, 2.75) is 51.5 Å². The van der Waals surface area contributed by atoms with Crippen molar-refractivity contribution < 1.29 is 14.7 Å². The maximum absolute atomic E-state index is 12.1. The fourth-order valence-electron chi connectivity index (χ4n) is 3.12. The molecule has 2 unspecified atom stereocenters. The van der Waals surface area contributed by atoms with Gasteiger partial charge in [-0.1, -0.05) is 11.6 Å². The summed E-state index contributed by atoms with van der Waals surface area (Å²) >= 11 is 0. The van der Waals surface area contributed by atoms with Gasteiger partial charge in [0.05, 0.1) is 5.92 Å². The van der Waals surface area contributed by atoms with Gasteiger partial charge in [0.25, 0.3) is 0 Å². The summed E-state index contributed by atoms with van der Waals surface area (Å²) in [6, 6.07) is -0.348. The molecule has 0 aromatic heterocycles.